The normalized spacial score (nSPS) is 10.6. The van der Waals surface area contributed by atoms with E-state index in [0.717, 1.165) is 11.3 Å². The van der Waals surface area contributed by atoms with Gasteiger partial charge >= 0.3 is 0 Å². The SMILES string of the molecule is CCN(CC)C(=O)c1cc(N)n(-c2cccc(C)c2)n1. The number of benzene rings is 1. The third-order valence-electron chi connectivity index (χ3n) is 3.25. The molecule has 1 heterocycles. The molecule has 1 amide bonds. The fourth-order valence-electron chi connectivity index (χ4n) is 2.14. The van der Waals surface area contributed by atoms with Crippen molar-refractivity contribution in [3.8, 4) is 5.69 Å². The molecule has 2 rings (SSSR count). The van der Waals surface area contributed by atoms with Crippen LogP contribution < -0.4 is 5.73 Å². The van der Waals surface area contributed by atoms with Gasteiger partial charge in [0.15, 0.2) is 5.69 Å². The van der Waals surface area contributed by atoms with E-state index in [4.69, 9.17) is 5.73 Å². The lowest BCUT2D eigenvalue weighted by Gasteiger charge is -2.16. The van der Waals surface area contributed by atoms with Crippen LogP contribution in [0.25, 0.3) is 5.69 Å². The second-order valence-corrected chi connectivity index (χ2v) is 4.68. The highest BCUT2D eigenvalue weighted by Gasteiger charge is 2.18. The highest BCUT2D eigenvalue weighted by atomic mass is 16.2. The molecule has 0 aliphatic carbocycles. The highest BCUT2D eigenvalue weighted by molar-refractivity contribution is 5.93. The Bertz CT molecular complexity index is 614. The van der Waals surface area contributed by atoms with Gasteiger partial charge in [-0.2, -0.15) is 5.10 Å². The topological polar surface area (TPSA) is 64.2 Å². The lowest BCUT2D eigenvalue weighted by molar-refractivity contribution is 0.0766. The quantitative estimate of drug-likeness (QED) is 0.928. The Hall–Kier alpha value is -2.30. The van der Waals surface area contributed by atoms with E-state index in [-0.39, 0.29) is 5.91 Å². The number of aromatic nitrogens is 2. The zero-order valence-electron chi connectivity index (χ0n) is 12.1. The molecule has 0 radical (unpaired) electrons. The van der Waals surface area contributed by atoms with Gasteiger partial charge in [-0.1, -0.05) is 12.1 Å². The molecule has 0 fully saturated rings. The van der Waals surface area contributed by atoms with Gasteiger partial charge in [0.2, 0.25) is 0 Å². The number of aryl methyl sites for hydroxylation is 1. The van der Waals surface area contributed by atoms with Gasteiger partial charge in [0.25, 0.3) is 5.91 Å². The molecule has 2 N–H and O–H groups in total. The summed E-state index contributed by atoms with van der Waals surface area (Å²) in [6.07, 6.45) is 0. The largest absolute Gasteiger partial charge is 0.384 e. The molecule has 0 atom stereocenters. The summed E-state index contributed by atoms with van der Waals surface area (Å²) in [7, 11) is 0. The fraction of sp³-hybridized carbons (Fsp3) is 0.333. The van der Waals surface area contributed by atoms with Gasteiger partial charge in [0, 0.05) is 19.2 Å². The summed E-state index contributed by atoms with van der Waals surface area (Å²) >= 11 is 0. The first-order valence-corrected chi connectivity index (χ1v) is 6.78. The molecule has 0 unspecified atom stereocenters. The third-order valence-corrected chi connectivity index (χ3v) is 3.25. The van der Waals surface area contributed by atoms with Crippen LogP contribution in [0.4, 0.5) is 5.82 Å². The average Bonchev–Trinajstić information content (AvgIpc) is 2.82. The van der Waals surface area contributed by atoms with E-state index in [1.807, 2.05) is 45.0 Å². The molecule has 0 bridgehead atoms. The van der Waals surface area contributed by atoms with Crippen molar-refractivity contribution in [1.82, 2.24) is 14.7 Å². The van der Waals surface area contributed by atoms with Gasteiger partial charge in [-0.15, -0.1) is 0 Å². The summed E-state index contributed by atoms with van der Waals surface area (Å²) in [5.41, 5.74) is 8.34. The van der Waals surface area contributed by atoms with Crippen molar-refractivity contribution >= 4 is 11.7 Å². The van der Waals surface area contributed by atoms with E-state index in [1.165, 1.54) is 0 Å². The summed E-state index contributed by atoms with van der Waals surface area (Å²) in [5.74, 6) is 0.374. The Kier molecular flexibility index (Phi) is 4.08. The molecule has 5 nitrogen and oxygen atoms in total. The maximum Gasteiger partial charge on any atom is 0.274 e. The molecule has 1 aromatic heterocycles. The van der Waals surface area contributed by atoms with E-state index >= 15 is 0 Å². The van der Waals surface area contributed by atoms with Crippen molar-refractivity contribution in [3.05, 3.63) is 41.6 Å². The summed E-state index contributed by atoms with van der Waals surface area (Å²) in [6, 6.07) is 9.48. The third kappa shape index (κ3) is 2.66. The predicted octanol–water partition coefficient (Wildman–Crippen LogP) is 2.24. The molecular weight excluding hydrogens is 252 g/mol. The monoisotopic (exact) mass is 272 g/mol. The Morgan fingerprint density at radius 1 is 1.30 bits per heavy atom. The van der Waals surface area contributed by atoms with Crippen LogP contribution in [0.1, 0.15) is 29.9 Å². The number of nitrogens with zero attached hydrogens (tertiary/aromatic N) is 3. The van der Waals surface area contributed by atoms with Crippen LogP contribution in [0.2, 0.25) is 0 Å². The minimum atomic E-state index is -0.0897. The molecule has 106 valence electrons. The van der Waals surface area contributed by atoms with E-state index in [0.29, 0.717) is 24.6 Å². The van der Waals surface area contributed by atoms with Gasteiger partial charge in [-0.05, 0) is 38.5 Å². The maximum atomic E-state index is 12.3. The molecule has 0 spiro atoms. The van der Waals surface area contributed by atoms with Crippen LogP contribution >= 0.6 is 0 Å². The number of carbonyl (C=O) groups is 1. The van der Waals surface area contributed by atoms with Crippen LogP contribution in [-0.4, -0.2) is 33.7 Å². The average molecular weight is 272 g/mol. The lowest BCUT2D eigenvalue weighted by Crippen LogP contribution is -2.30. The number of anilines is 1. The number of nitrogens with two attached hydrogens (primary N) is 1. The van der Waals surface area contributed by atoms with Gasteiger partial charge < -0.3 is 10.6 Å². The summed E-state index contributed by atoms with van der Waals surface area (Å²) in [6.45, 7) is 7.22. The molecule has 0 aliphatic heterocycles. The molecule has 0 saturated carbocycles. The van der Waals surface area contributed by atoms with Crippen molar-refractivity contribution in [2.24, 2.45) is 0 Å². The Labute approximate surface area is 119 Å². The van der Waals surface area contributed by atoms with Crippen molar-refractivity contribution in [2.45, 2.75) is 20.8 Å². The Balaban J connectivity index is 2.37. The standard InChI is InChI=1S/C15H20N4O/c1-4-18(5-2)15(20)13-10-14(16)19(17-13)12-8-6-7-11(3)9-12/h6-10H,4-5,16H2,1-3H3. The van der Waals surface area contributed by atoms with Crippen molar-refractivity contribution < 1.29 is 4.79 Å². The first-order chi connectivity index (χ1) is 9.56. The maximum absolute atomic E-state index is 12.3. The number of hydrogen-bond donors (Lipinski definition) is 1. The predicted molar refractivity (Wildman–Crippen MR) is 80.0 cm³/mol. The smallest absolute Gasteiger partial charge is 0.274 e. The van der Waals surface area contributed by atoms with Gasteiger partial charge in [-0.25, -0.2) is 4.68 Å². The Morgan fingerprint density at radius 3 is 2.60 bits per heavy atom. The second kappa shape index (κ2) is 5.77. The van der Waals surface area contributed by atoms with Crippen LogP contribution in [0, 0.1) is 6.92 Å². The fourth-order valence-corrected chi connectivity index (χ4v) is 2.14. The molecular formula is C15H20N4O. The first kappa shape index (κ1) is 14.1. The van der Waals surface area contributed by atoms with Gasteiger partial charge in [0.05, 0.1) is 5.69 Å². The summed E-state index contributed by atoms with van der Waals surface area (Å²) in [4.78, 5) is 14.0. The molecule has 20 heavy (non-hydrogen) atoms. The van der Waals surface area contributed by atoms with Crippen LogP contribution in [0.5, 0.6) is 0 Å². The molecule has 5 heteroatoms. The highest BCUT2D eigenvalue weighted by Crippen LogP contribution is 2.16. The number of carbonyl (C=O) groups excluding carboxylic acids is 1. The lowest BCUT2D eigenvalue weighted by atomic mass is 10.2. The Morgan fingerprint density at radius 2 is 2.00 bits per heavy atom. The van der Waals surface area contributed by atoms with E-state index < -0.39 is 0 Å². The van der Waals surface area contributed by atoms with Gasteiger partial charge in [-0.3, -0.25) is 4.79 Å². The molecule has 0 aliphatic rings. The summed E-state index contributed by atoms with van der Waals surface area (Å²) in [5, 5.41) is 4.34. The summed E-state index contributed by atoms with van der Waals surface area (Å²) < 4.78 is 1.60. The molecule has 0 saturated heterocycles. The number of amides is 1. The zero-order valence-corrected chi connectivity index (χ0v) is 12.1. The van der Waals surface area contributed by atoms with Gasteiger partial charge in [0.1, 0.15) is 5.82 Å². The van der Waals surface area contributed by atoms with Crippen LogP contribution in [0.15, 0.2) is 30.3 Å². The number of nitrogen functional groups attached to an aromatic ring is 1. The van der Waals surface area contributed by atoms with Crippen molar-refractivity contribution in [3.63, 3.8) is 0 Å². The molecule has 2 aromatic rings. The van der Waals surface area contributed by atoms with Crippen LogP contribution in [0.3, 0.4) is 0 Å². The molecule has 1 aromatic carbocycles. The first-order valence-electron chi connectivity index (χ1n) is 6.78. The zero-order chi connectivity index (χ0) is 14.7. The van der Waals surface area contributed by atoms with Crippen molar-refractivity contribution in [2.75, 3.05) is 18.8 Å². The number of rotatable bonds is 4. The minimum absolute atomic E-state index is 0.0897. The van der Waals surface area contributed by atoms with Crippen LogP contribution in [-0.2, 0) is 0 Å². The number of hydrogen-bond acceptors (Lipinski definition) is 3. The minimum Gasteiger partial charge on any atom is -0.384 e. The van der Waals surface area contributed by atoms with E-state index in [2.05, 4.69) is 5.10 Å². The van der Waals surface area contributed by atoms with E-state index in [1.54, 1.807) is 15.6 Å². The second-order valence-electron chi connectivity index (χ2n) is 4.68. The van der Waals surface area contributed by atoms with Crippen molar-refractivity contribution in [1.29, 1.82) is 0 Å². The van der Waals surface area contributed by atoms with E-state index in [9.17, 15) is 4.79 Å².